The normalized spacial score (nSPS) is 12.0. The predicted octanol–water partition coefficient (Wildman–Crippen LogP) is 2.62. The highest BCUT2D eigenvalue weighted by Gasteiger charge is 2.05. The van der Waals surface area contributed by atoms with Crippen LogP contribution in [0.1, 0.15) is 18.1 Å². The standard InChI is InChI=1S/C13H20N2OS/c1-9-5-6-10(2)12(7-9)15-13(17)14-11(3)8-16-4/h5-7,11H,8H2,1-4H3,(H2,14,15,17). The Hall–Kier alpha value is -1.13. The minimum absolute atomic E-state index is 0.199. The monoisotopic (exact) mass is 252 g/mol. The summed E-state index contributed by atoms with van der Waals surface area (Å²) in [5.74, 6) is 0. The van der Waals surface area contributed by atoms with Crippen LogP contribution >= 0.6 is 12.2 Å². The van der Waals surface area contributed by atoms with Crippen molar-refractivity contribution < 1.29 is 4.74 Å². The van der Waals surface area contributed by atoms with E-state index in [1.54, 1.807) is 7.11 Å². The molecule has 1 aromatic carbocycles. The van der Waals surface area contributed by atoms with Crippen LogP contribution in [0.2, 0.25) is 0 Å². The van der Waals surface area contributed by atoms with Crippen LogP contribution in [-0.4, -0.2) is 24.9 Å². The van der Waals surface area contributed by atoms with Crippen molar-refractivity contribution in [1.29, 1.82) is 0 Å². The fraction of sp³-hybridized carbons (Fsp3) is 0.462. The minimum Gasteiger partial charge on any atom is -0.383 e. The zero-order valence-corrected chi connectivity index (χ0v) is 11.6. The summed E-state index contributed by atoms with van der Waals surface area (Å²) < 4.78 is 5.05. The van der Waals surface area contributed by atoms with Crippen LogP contribution < -0.4 is 10.6 Å². The lowest BCUT2D eigenvalue weighted by Crippen LogP contribution is -2.38. The Labute approximate surface area is 109 Å². The van der Waals surface area contributed by atoms with E-state index < -0.39 is 0 Å². The van der Waals surface area contributed by atoms with Gasteiger partial charge >= 0.3 is 0 Å². The van der Waals surface area contributed by atoms with Gasteiger partial charge in [0.15, 0.2) is 5.11 Å². The molecule has 0 aliphatic carbocycles. The molecule has 0 saturated carbocycles. The maximum atomic E-state index is 5.25. The number of aryl methyl sites for hydroxylation is 2. The largest absolute Gasteiger partial charge is 0.383 e. The molecule has 0 aliphatic heterocycles. The number of hydrogen-bond donors (Lipinski definition) is 2. The summed E-state index contributed by atoms with van der Waals surface area (Å²) in [6.45, 7) is 6.78. The van der Waals surface area contributed by atoms with E-state index in [1.807, 2.05) is 6.92 Å². The molecule has 0 aromatic heterocycles. The van der Waals surface area contributed by atoms with Gasteiger partial charge in [-0.1, -0.05) is 12.1 Å². The van der Waals surface area contributed by atoms with Crippen LogP contribution in [0.5, 0.6) is 0 Å². The molecule has 1 atom stereocenters. The quantitative estimate of drug-likeness (QED) is 0.807. The van der Waals surface area contributed by atoms with Crippen LogP contribution in [0.3, 0.4) is 0 Å². The molecule has 94 valence electrons. The molecule has 0 amide bonds. The van der Waals surface area contributed by atoms with Crippen LogP contribution in [0.4, 0.5) is 5.69 Å². The van der Waals surface area contributed by atoms with Gasteiger partial charge in [-0.3, -0.25) is 0 Å². The number of benzene rings is 1. The van der Waals surface area contributed by atoms with Crippen molar-refractivity contribution in [1.82, 2.24) is 5.32 Å². The number of ether oxygens (including phenoxy) is 1. The fourth-order valence-electron chi connectivity index (χ4n) is 1.54. The number of thiocarbonyl (C=S) groups is 1. The molecule has 1 aromatic rings. The Morgan fingerprint density at radius 2 is 2.12 bits per heavy atom. The summed E-state index contributed by atoms with van der Waals surface area (Å²) in [7, 11) is 1.68. The summed E-state index contributed by atoms with van der Waals surface area (Å²) in [4.78, 5) is 0. The summed E-state index contributed by atoms with van der Waals surface area (Å²) in [5, 5.41) is 7.00. The number of rotatable bonds is 4. The number of methoxy groups -OCH3 is 1. The molecular weight excluding hydrogens is 232 g/mol. The van der Waals surface area contributed by atoms with Crippen molar-refractivity contribution in [2.24, 2.45) is 0 Å². The predicted molar refractivity (Wildman–Crippen MR) is 76.6 cm³/mol. The number of hydrogen-bond acceptors (Lipinski definition) is 2. The molecule has 0 bridgehead atoms. The van der Waals surface area contributed by atoms with E-state index >= 15 is 0 Å². The Morgan fingerprint density at radius 3 is 2.76 bits per heavy atom. The summed E-state index contributed by atoms with van der Waals surface area (Å²) in [6.07, 6.45) is 0. The van der Waals surface area contributed by atoms with E-state index in [-0.39, 0.29) is 6.04 Å². The molecular formula is C13H20N2OS. The first-order valence-electron chi connectivity index (χ1n) is 5.66. The Bertz CT molecular complexity index is 393. The zero-order chi connectivity index (χ0) is 12.8. The molecule has 3 nitrogen and oxygen atoms in total. The average Bonchev–Trinajstić information content (AvgIpc) is 2.23. The van der Waals surface area contributed by atoms with Crippen molar-refractivity contribution >= 4 is 23.0 Å². The molecule has 4 heteroatoms. The van der Waals surface area contributed by atoms with Gasteiger partial charge in [0, 0.05) is 18.8 Å². The van der Waals surface area contributed by atoms with Crippen LogP contribution in [0, 0.1) is 13.8 Å². The topological polar surface area (TPSA) is 33.3 Å². The second-order valence-corrected chi connectivity index (χ2v) is 4.68. The van der Waals surface area contributed by atoms with Crippen molar-refractivity contribution in [3.8, 4) is 0 Å². The molecule has 17 heavy (non-hydrogen) atoms. The van der Waals surface area contributed by atoms with Gasteiger partial charge in [-0.2, -0.15) is 0 Å². The zero-order valence-electron chi connectivity index (χ0n) is 10.8. The third-order valence-electron chi connectivity index (χ3n) is 2.44. The number of anilines is 1. The van der Waals surface area contributed by atoms with Gasteiger partial charge < -0.3 is 15.4 Å². The van der Waals surface area contributed by atoms with Gasteiger partial charge in [0.05, 0.1) is 6.61 Å². The Kier molecular flexibility index (Phi) is 5.38. The lowest BCUT2D eigenvalue weighted by Gasteiger charge is -2.17. The van der Waals surface area contributed by atoms with E-state index in [0.717, 1.165) is 5.69 Å². The van der Waals surface area contributed by atoms with E-state index in [9.17, 15) is 0 Å². The molecule has 1 unspecified atom stereocenters. The van der Waals surface area contributed by atoms with E-state index in [1.165, 1.54) is 11.1 Å². The van der Waals surface area contributed by atoms with Crippen LogP contribution in [-0.2, 0) is 4.74 Å². The van der Waals surface area contributed by atoms with E-state index in [2.05, 4.69) is 42.7 Å². The first-order valence-corrected chi connectivity index (χ1v) is 6.07. The smallest absolute Gasteiger partial charge is 0.171 e. The molecule has 0 fully saturated rings. The SMILES string of the molecule is COCC(C)NC(=S)Nc1cc(C)ccc1C. The first-order chi connectivity index (χ1) is 8.02. The minimum atomic E-state index is 0.199. The van der Waals surface area contributed by atoms with E-state index in [0.29, 0.717) is 11.7 Å². The van der Waals surface area contributed by atoms with Crippen molar-refractivity contribution in [3.05, 3.63) is 29.3 Å². The molecule has 0 saturated heterocycles. The third-order valence-corrected chi connectivity index (χ3v) is 2.66. The van der Waals surface area contributed by atoms with Gasteiger partial charge in [-0.25, -0.2) is 0 Å². The number of nitrogens with one attached hydrogen (secondary N) is 2. The van der Waals surface area contributed by atoms with Gasteiger partial charge in [-0.05, 0) is 50.2 Å². The van der Waals surface area contributed by atoms with Crippen molar-refractivity contribution in [3.63, 3.8) is 0 Å². The summed E-state index contributed by atoms with van der Waals surface area (Å²) in [5.41, 5.74) is 3.44. The highest BCUT2D eigenvalue weighted by atomic mass is 32.1. The molecule has 1 rings (SSSR count). The third kappa shape index (κ3) is 4.71. The lowest BCUT2D eigenvalue weighted by atomic mass is 10.1. The van der Waals surface area contributed by atoms with Crippen LogP contribution in [0.25, 0.3) is 0 Å². The maximum absolute atomic E-state index is 5.25. The van der Waals surface area contributed by atoms with Crippen molar-refractivity contribution in [2.45, 2.75) is 26.8 Å². The maximum Gasteiger partial charge on any atom is 0.171 e. The van der Waals surface area contributed by atoms with Gasteiger partial charge in [-0.15, -0.1) is 0 Å². The molecule has 0 spiro atoms. The first kappa shape index (κ1) is 13.9. The highest BCUT2D eigenvalue weighted by Crippen LogP contribution is 2.16. The fourth-order valence-corrected chi connectivity index (χ4v) is 1.86. The summed E-state index contributed by atoms with van der Waals surface area (Å²) in [6, 6.07) is 6.46. The molecule has 0 aliphatic rings. The highest BCUT2D eigenvalue weighted by molar-refractivity contribution is 7.80. The van der Waals surface area contributed by atoms with Gasteiger partial charge in [0.2, 0.25) is 0 Å². The Balaban J connectivity index is 2.58. The van der Waals surface area contributed by atoms with Crippen molar-refractivity contribution in [2.75, 3.05) is 19.0 Å². The molecule has 2 N–H and O–H groups in total. The summed E-state index contributed by atoms with van der Waals surface area (Å²) >= 11 is 5.25. The average molecular weight is 252 g/mol. The van der Waals surface area contributed by atoms with Gasteiger partial charge in [0.25, 0.3) is 0 Å². The molecule has 0 heterocycles. The lowest BCUT2D eigenvalue weighted by molar-refractivity contribution is 0.179. The molecule has 0 radical (unpaired) electrons. The van der Waals surface area contributed by atoms with E-state index in [4.69, 9.17) is 17.0 Å². The second-order valence-electron chi connectivity index (χ2n) is 4.27. The van der Waals surface area contributed by atoms with Gasteiger partial charge in [0.1, 0.15) is 0 Å². The Morgan fingerprint density at radius 1 is 1.41 bits per heavy atom. The second kappa shape index (κ2) is 6.57. The van der Waals surface area contributed by atoms with Crippen LogP contribution in [0.15, 0.2) is 18.2 Å².